The monoisotopic (exact) mass is 301 g/mol. The first kappa shape index (κ1) is 15.9. The predicted octanol–water partition coefficient (Wildman–Crippen LogP) is 3.68. The molecular weight excluding hydrogens is 278 g/mol. The van der Waals surface area contributed by atoms with Gasteiger partial charge < -0.3 is 5.32 Å². The van der Waals surface area contributed by atoms with Crippen LogP contribution in [0, 0.1) is 20.8 Å². The van der Waals surface area contributed by atoms with Gasteiger partial charge in [0.05, 0.1) is 10.8 Å². The minimum absolute atomic E-state index is 0.101. The maximum atomic E-state index is 12.6. The Morgan fingerprint density at radius 1 is 1.05 bits per heavy atom. The van der Waals surface area contributed by atoms with Gasteiger partial charge in [-0.25, -0.2) is 0 Å². The third-order valence-corrected chi connectivity index (χ3v) is 5.24. The van der Waals surface area contributed by atoms with Crippen molar-refractivity contribution >= 4 is 10.8 Å². The molecule has 21 heavy (non-hydrogen) atoms. The van der Waals surface area contributed by atoms with Crippen LogP contribution < -0.4 is 5.32 Å². The van der Waals surface area contributed by atoms with Gasteiger partial charge in [-0.1, -0.05) is 47.5 Å². The maximum absolute atomic E-state index is 12.6. The van der Waals surface area contributed by atoms with Gasteiger partial charge in [-0.2, -0.15) is 0 Å². The fraction of sp³-hybridized carbons (Fsp3) is 0.333. The number of nitrogens with one attached hydrogen (secondary N) is 1. The van der Waals surface area contributed by atoms with Gasteiger partial charge in [0.15, 0.2) is 0 Å². The predicted molar refractivity (Wildman–Crippen MR) is 90.2 cm³/mol. The van der Waals surface area contributed by atoms with E-state index in [1.165, 1.54) is 16.7 Å². The lowest BCUT2D eigenvalue weighted by Gasteiger charge is -2.18. The summed E-state index contributed by atoms with van der Waals surface area (Å²) >= 11 is 0. The lowest BCUT2D eigenvalue weighted by atomic mass is 10.0. The fourth-order valence-corrected chi connectivity index (χ4v) is 4.11. The first-order valence-corrected chi connectivity index (χ1v) is 8.52. The average Bonchev–Trinajstić information content (AvgIpc) is 2.43. The molecule has 0 heterocycles. The normalized spacial score (nSPS) is 13.9. The summed E-state index contributed by atoms with van der Waals surface area (Å²) in [6.07, 6.45) is 0. The van der Waals surface area contributed by atoms with Gasteiger partial charge in [0.2, 0.25) is 0 Å². The number of hydrogen-bond acceptors (Lipinski definition) is 2. The van der Waals surface area contributed by atoms with Crippen molar-refractivity contribution in [3.8, 4) is 0 Å². The first-order chi connectivity index (χ1) is 10.0. The second-order valence-corrected chi connectivity index (χ2v) is 7.00. The van der Waals surface area contributed by atoms with E-state index in [1.807, 2.05) is 38.2 Å². The number of rotatable bonds is 5. The van der Waals surface area contributed by atoms with E-state index in [1.54, 1.807) is 0 Å². The molecule has 0 radical (unpaired) electrons. The molecule has 0 aliphatic heterocycles. The van der Waals surface area contributed by atoms with Gasteiger partial charge in [0.25, 0.3) is 0 Å². The van der Waals surface area contributed by atoms with E-state index in [9.17, 15) is 4.21 Å². The summed E-state index contributed by atoms with van der Waals surface area (Å²) < 4.78 is 12.6. The van der Waals surface area contributed by atoms with Crippen LogP contribution >= 0.6 is 0 Å². The Balaban J connectivity index is 2.23. The molecule has 2 rings (SSSR count). The molecule has 0 saturated carbocycles. The fourth-order valence-electron chi connectivity index (χ4n) is 2.61. The van der Waals surface area contributed by atoms with Gasteiger partial charge >= 0.3 is 0 Å². The molecule has 0 aromatic heterocycles. The Morgan fingerprint density at radius 2 is 1.67 bits per heavy atom. The largest absolute Gasteiger partial charge is 0.312 e. The summed E-state index contributed by atoms with van der Waals surface area (Å²) in [5.41, 5.74) is 4.78. The molecule has 2 unspecified atom stereocenters. The maximum Gasteiger partial charge on any atom is 0.0551 e. The third-order valence-electron chi connectivity index (χ3n) is 3.65. The van der Waals surface area contributed by atoms with Crippen LogP contribution in [0.2, 0.25) is 0 Å². The topological polar surface area (TPSA) is 29.1 Å². The molecule has 2 aromatic rings. The van der Waals surface area contributed by atoms with Crippen LogP contribution in [0.4, 0.5) is 0 Å². The minimum Gasteiger partial charge on any atom is -0.312 e. The Morgan fingerprint density at radius 3 is 2.24 bits per heavy atom. The summed E-state index contributed by atoms with van der Waals surface area (Å²) in [6, 6.07) is 14.5. The summed E-state index contributed by atoms with van der Waals surface area (Å²) in [6.45, 7) is 6.21. The standard InChI is InChI=1S/C18H23NOS/c1-13-9-14(2)11-16(10-13)17(19-4)12-21(20)18-8-6-5-7-15(18)3/h5-11,17,19H,12H2,1-4H3. The highest BCUT2D eigenvalue weighted by molar-refractivity contribution is 7.85. The molecule has 2 aromatic carbocycles. The van der Waals surface area contributed by atoms with Crippen molar-refractivity contribution in [1.82, 2.24) is 5.32 Å². The van der Waals surface area contributed by atoms with Gasteiger partial charge in [-0.15, -0.1) is 0 Å². The van der Waals surface area contributed by atoms with Gasteiger partial charge in [0, 0.05) is 16.7 Å². The average molecular weight is 301 g/mol. The zero-order valence-electron chi connectivity index (χ0n) is 13.1. The van der Waals surface area contributed by atoms with Crippen molar-refractivity contribution in [3.63, 3.8) is 0 Å². The molecule has 0 bridgehead atoms. The number of benzene rings is 2. The van der Waals surface area contributed by atoms with E-state index in [2.05, 4.69) is 37.4 Å². The lowest BCUT2D eigenvalue weighted by molar-refractivity contribution is 0.634. The molecule has 0 aliphatic rings. The molecule has 2 atom stereocenters. The minimum atomic E-state index is -1.00. The zero-order valence-corrected chi connectivity index (χ0v) is 14.0. The summed E-state index contributed by atoms with van der Waals surface area (Å²) in [5.74, 6) is 0.588. The molecule has 3 heteroatoms. The Bertz CT molecular complexity index is 631. The van der Waals surface area contributed by atoms with E-state index in [4.69, 9.17) is 0 Å². The van der Waals surface area contributed by atoms with Crippen LogP contribution in [0.5, 0.6) is 0 Å². The van der Waals surface area contributed by atoms with Crippen LogP contribution in [0.3, 0.4) is 0 Å². The highest BCUT2D eigenvalue weighted by Crippen LogP contribution is 2.21. The van der Waals surface area contributed by atoms with Crippen molar-refractivity contribution in [2.45, 2.75) is 31.7 Å². The molecular formula is C18H23NOS. The third kappa shape index (κ3) is 4.02. The van der Waals surface area contributed by atoms with Gasteiger partial charge in [0.1, 0.15) is 0 Å². The quantitative estimate of drug-likeness (QED) is 0.913. The zero-order chi connectivity index (χ0) is 15.4. The van der Waals surface area contributed by atoms with E-state index < -0.39 is 10.8 Å². The molecule has 112 valence electrons. The van der Waals surface area contributed by atoms with Gasteiger partial charge in [-0.3, -0.25) is 4.21 Å². The van der Waals surface area contributed by atoms with Crippen LogP contribution in [0.25, 0.3) is 0 Å². The van der Waals surface area contributed by atoms with E-state index in [-0.39, 0.29) is 6.04 Å². The Hall–Kier alpha value is -1.45. The van der Waals surface area contributed by atoms with Crippen LogP contribution in [0.1, 0.15) is 28.3 Å². The molecule has 2 nitrogen and oxygen atoms in total. The van der Waals surface area contributed by atoms with E-state index >= 15 is 0 Å². The highest BCUT2D eigenvalue weighted by Gasteiger charge is 2.16. The smallest absolute Gasteiger partial charge is 0.0551 e. The summed E-state index contributed by atoms with van der Waals surface area (Å²) in [7, 11) is 0.927. The second kappa shape index (κ2) is 7.01. The molecule has 1 N–H and O–H groups in total. The summed E-state index contributed by atoms with van der Waals surface area (Å²) in [5, 5.41) is 3.30. The van der Waals surface area contributed by atoms with Crippen molar-refractivity contribution in [2.24, 2.45) is 0 Å². The van der Waals surface area contributed by atoms with Crippen LogP contribution in [-0.4, -0.2) is 17.0 Å². The Kier molecular flexibility index (Phi) is 5.32. The highest BCUT2D eigenvalue weighted by atomic mass is 32.2. The number of aryl methyl sites for hydroxylation is 3. The second-order valence-electron chi connectivity index (χ2n) is 5.54. The van der Waals surface area contributed by atoms with Crippen LogP contribution in [-0.2, 0) is 10.8 Å². The molecule has 0 saturated heterocycles. The lowest BCUT2D eigenvalue weighted by Crippen LogP contribution is -2.23. The SMILES string of the molecule is CNC(CS(=O)c1ccccc1C)c1cc(C)cc(C)c1. The molecule has 0 spiro atoms. The van der Waals surface area contributed by atoms with Crippen molar-refractivity contribution in [1.29, 1.82) is 0 Å². The van der Waals surface area contributed by atoms with Crippen molar-refractivity contribution < 1.29 is 4.21 Å². The van der Waals surface area contributed by atoms with Gasteiger partial charge in [-0.05, 0) is 45.0 Å². The van der Waals surface area contributed by atoms with Crippen LogP contribution in [0.15, 0.2) is 47.4 Å². The first-order valence-electron chi connectivity index (χ1n) is 7.20. The van der Waals surface area contributed by atoms with Crippen molar-refractivity contribution in [3.05, 3.63) is 64.7 Å². The molecule has 0 fully saturated rings. The Labute approximate surface area is 130 Å². The number of hydrogen-bond donors (Lipinski definition) is 1. The van der Waals surface area contributed by atoms with E-state index in [0.717, 1.165) is 10.5 Å². The van der Waals surface area contributed by atoms with Crippen molar-refractivity contribution in [2.75, 3.05) is 12.8 Å². The molecule has 0 amide bonds. The van der Waals surface area contributed by atoms with E-state index in [0.29, 0.717) is 5.75 Å². The molecule has 0 aliphatic carbocycles. The summed E-state index contributed by atoms with van der Waals surface area (Å²) in [4.78, 5) is 0.933.